The van der Waals surface area contributed by atoms with Crippen molar-refractivity contribution >= 4 is 41.2 Å². The Morgan fingerprint density at radius 3 is 2.54 bits per heavy atom. The average molecular weight is 394 g/mol. The van der Waals surface area contributed by atoms with Gasteiger partial charge in [0.1, 0.15) is 17.1 Å². The molecule has 3 aromatic rings. The van der Waals surface area contributed by atoms with Crippen molar-refractivity contribution in [1.82, 2.24) is 10.3 Å². The molecule has 0 spiro atoms. The molecule has 0 saturated carbocycles. The highest BCUT2D eigenvalue weighted by molar-refractivity contribution is 6.39. The zero-order valence-electron chi connectivity index (χ0n) is 14.3. The standard InChI is InChI=1S/C20H12ClN3O4/c21-13-5-3-12(4-6-13)17-8-7-15(28-17)10-16-18(25)23-20(27)24(19(16)26)14-2-1-9-22-11-14/h1-11H,(H,23,25,27)/b16-10+. The quantitative estimate of drug-likeness (QED) is 0.541. The number of benzene rings is 1. The van der Waals surface area contributed by atoms with Gasteiger partial charge in [0.2, 0.25) is 0 Å². The fourth-order valence-electron chi connectivity index (χ4n) is 2.72. The predicted octanol–water partition coefficient (Wildman–Crippen LogP) is 3.66. The Hall–Kier alpha value is -3.71. The van der Waals surface area contributed by atoms with Gasteiger partial charge in [0.15, 0.2) is 0 Å². The summed E-state index contributed by atoms with van der Waals surface area (Å²) >= 11 is 5.88. The maximum absolute atomic E-state index is 12.8. The fourth-order valence-corrected chi connectivity index (χ4v) is 2.85. The number of urea groups is 1. The number of nitrogens with zero attached hydrogens (tertiary/aromatic N) is 2. The molecule has 7 nitrogen and oxygen atoms in total. The lowest BCUT2D eigenvalue weighted by atomic mass is 10.1. The molecule has 0 bridgehead atoms. The number of amides is 4. The largest absolute Gasteiger partial charge is 0.457 e. The van der Waals surface area contributed by atoms with Crippen LogP contribution in [0, 0.1) is 0 Å². The molecule has 0 atom stereocenters. The first-order valence-electron chi connectivity index (χ1n) is 8.20. The summed E-state index contributed by atoms with van der Waals surface area (Å²) in [4.78, 5) is 41.8. The van der Waals surface area contributed by atoms with E-state index in [2.05, 4.69) is 10.3 Å². The SMILES string of the molecule is O=C1NC(=O)N(c2cccnc2)C(=O)/C1=C/c1ccc(-c2ccc(Cl)cc2)o1. The number of carbonyl (C=O) groups excluding carboxylic acids is 3. The molecular weight excluding hydrogens is 382 g/mol. The summed E-state index contributed by atoms with van der Waals surface area (Å²) in [7, 11) is 0. The van der Waals surface area contributed by atoms with E-state index < -0.39 is 17.8 Å². The molecule has 1 N–H and O–H groups in total. The van der Waals surface area contributed by atoms with Crippen LogP contribution in [0.5, 0.6) is 0 Å². The number of furan rings is 1. The molecule has 8 heteroatoms. The van der Waals surface area contributed by atoms with Crippen molar-refractivity contribution in [3.63, 3.8) is 0 Å². The smallest absolute Gasteiger partial charge is 0.336 e. The normalized spacial score (nSPS) is 15.8. The number of pyridine rings is 1. The third-order valence-corrected chi connectivity index (χ3v) is 4.30. The summed E-state index contributed by atoms with van der Waals surface area (Å²) in [5.41, 5.74) is 0.825. The van der Waals surface area contributed by atoms with Crippen LogP contribution in [0.25, 0.3) is 17.4 Å². The van der Waals surface area contributed by atoms with Gasteiger partial charge in [0.05, 0.1) is 11.9 Å². The molecule has 1 aliphatic rings. The van der Waals surface area contributed by atoms with Gasteiger partial charge in [-0.3, -0.25) is 19.9 Å². The number of rotatable bonds is 3. The first-order chi connectivity index (χ1) is 13.5. The minimum Gasteiger partial charge on any atom is -0.457 e. The number of carbonyl (C=O) groups is 3. The molecule has 1 aromatic carbocycles. The van der Waals surface area contributed by atoms with E-state index in [0.29, 0.717) is 16.5 Å². The van der Waals surface area contributed by atoms with Gasteiger partial charge in [-0.2, -0.15) is 0 Å². The summed E-state index contributed by atoms with van der Waals surface area (Å²) in [6, 6.07) is 12.7. The third-order valence-electron chi connectivity index (χ3n) is 4.05. The van der Waals surface area contributed by atoms with Crippen LogP contribution in [0.15, 0.2) is 70.9 Å². The number of nitrogens with one attached hydrogen (secondary N) is 1. The van der Waals surface area contributed by atoms with Crippen LogP contribution in [0.2, 0.25) is 5.02 Å². The maximum atomic E-state index is 12.8. The number of barbiturate groups is 1. The average Bonchev–Trinajstić information content (AvgIpc) is 3.15. The monoisotopic (exact) mass is 393 g/mol. The van der Waals surface area contributed by atoms with Crippen molar-refractivity contribution in [2.24, 2.45) is 0 Å². The molecule has 28 heavy (non-hydrogen) atoms. The van der Waals surface area contributed by atoms with Crippen molar-refractivity contribution in [2.45, 2.75) is 0 Å². The fraction of sp³-hybridized carbons (Fsp3) is 0. The number of hydrogen-bond acceptors (Lipinski definition) is 5. The highest BCUT2D eigenvalue weighted by Gasteiger charge is 2.37. The minimum atomic E-state index is -0.832. The Bertz CT molecular complexity index is 1100. The van der Waals surface area contributed by atoms with Crippen LogP contribution >= 0.6 is 11.6 Å². The van der Waals surface area contributed by atoms with E-state index in [1.54, 1.807) is 48.5 Å². The van der Waals surface area contributed by atoms with Crippen LogP contribution in [-0.4, -0.2) is 22.8 Å². The van der Waals surface area contributed by atoms with E-state index in [-0.39, 0.29) is 11.3 Å². The lowest BCUT2D eigenvalue weighted by Crippen LogP contribution is -2.54. The van der Waals surface area contributed by atoms with Gasteiger partial charge < -0.3 is 4.42 Å². The minimum absolute atomic E-state index is 0.222. The van der Waals surface area contributed by atoms with E-state index >= 15 is 0 Å². The van der Waals surface area contributed by atoms with Crippen molar-refractivity contribution in [1.29, 1.82) is 0 Å². The second kappa shape index (κ2) is 7.13. The molecule has 4 rings (SSSR count). The van der Waals surface area contributed by atoms with Gasteiger partial charge in [-0.25, -0.2) is 9.69 Å². The van der Waals surface area contributed by atoms with Crippen LogP contribution in [-0.2, 0) is 9.59 Å². The summed E-state index contributed by atoms with van der Waals surface area (Å²) in [5, 5.41) is 2.75. The highest BCUT2D eigenvalue weighted by atomic mass is 35.5. The first kappa shape index (κ1) is 17.7. The Balaban J connectivity index is 1.67. The number of imide groups is 2. The lowest BCUT2D eigenvalue weighted by Gasteiger charge is -2.25. The zero-order valence-corrected chi connectivity index (χ0v) is 15.0. The van der Waals surface area contributed by atoms with Crippen LogP contribution in [0.1, 0.15) is 5.76 Å². The molecule has 1 aliphatic heterocycles. The summed E-state index contributed by atoms with van der Waals surface area (Å²) < 4.78 is 5.71. The molecule has 138 valence electrons. The van der Waals surface area contributed by atoms with E-state index in [4.69, 9.17) is 16.0 Å². The Kier molecular flexibility index (Phi) is 4.50. The van der Waals surface area contributed by atoms with Gasteiger partial charge in [0.25, 0.3) is 11.8 Å². The maximum Gasteiger partial charge on any atom is 0.336 e. The molecule has 1 fully saturated rings. The predicted molar refractivity (Wildman–Crippen MR) is 102 cm³/mol. The van der Waals surface area contributed by atoms with Gasteiger partial charge in [-0.15, -0.1) is 0 Å². The molecule has 0 unspecified atom stereocenters. The van der Waals surface area contributed by atoms with E-state index in [1.807, 2.05) is 0 Å². The Labute approximate surface area is 164 Å². The molecule has 0 aliphatic carbocycles. The highest BCUT2D eigenvalue weighted by Crippen LogP contribution is 2.26. The third kappa shape index (κ3) is 3.30. The van der Waals surface area contributed by atoms with Crippen LogP contribution in [0.4, 0.5) is 10.5 Å². The van der Waals surface area contributed by atoms with Crippen LogP contribution < -0.4 is 10.2 Å². The van der Waals surface area contributed by atoms with Crippen molar-refractivity contribution in [3.05, 3.63) is 77.3 Å². The molecule has 1 saturated heterocycles. The second-order valence-electron chi connectivity index (χ2n) is 5.88. The van der Waals surface area contributed by atoms with E-state index in [0.717, 1.165) is 10.5 Å². The Morgan fingerprint density at radius 1 is 1.04 bits per heavy atom. The number of hydrogen-bond donors (Lipinski definition) is 1. The lowest BCUT2D eigenvalue weighted by molar-refractivity contribution is -0.122. The summed E-state index contributed by atoms with van der Waals surface area (Å²) in [6.07, 6.45) is 4.17. The molecule has 3 heterocycles. The van der Waals surface area contributed by atoms with Gasteiger partial charge in [-0.05, 0) is 54.6 Å². The topological polar surface area (TPSA) is 92.5 Å². The van der Waals surface area contributed by atoms with Gasteiger partial charge in [0, 0.05) is 16.8 Å². The number of aromatic nitrogens is 1. The van der Waals surface area contributed by atoms with Crippen LogP contribution in [0.3, 0.4) is 0 Å². The van der Waals surface area contributed by atoms with Crippen molar-refractivity contribution in [3.8, 4) is 11.3 Å². The second-order valence-corrected chi connectivity index (χ2v) is 6.31. The molecule has 0 radical (unpaired) electrons. The summed E-state index contributed by atoms with van der Waals surface area (Å²) in [5.74, 6) is -0.706. The molecule has 2 aromatic heterocycles. The van der Waals surface area contributed by atoms with E-state index in [9.17, 15) is 14.4 Å². The number of anilines is 1. The molecular formula is C20H12ClN3O4. The Morgan fingerprint density at radius 2 is 1.82 bits per heavy atom. The number of halogens is 1. The van der Waals surface area contributed by atoms with Crippen molar-refractivity contribution < 1.29 is 18.8 Å². The van der Waals surface area contributed by atoms with Crippen molar-refractivity contribution in [2.75, 3.05) is 4.90 Å². The first-order valence-corrected chi connectivity index (χ1v) is 8.58. The molecule has 4 amide bonds. The van der Waals surface area contributed by atoms with E-state index in [1.165, 1.54) is 18.5 Å². The van der Waals surface area contributed by atoms with Gasteiger partial charge >= 0.3 is 6.03 Å². The summed E-state index contributed by atoms with van der Waals surface area (Å²) in [6.45, 7) is 0. The zero-order chi connectivity index (χ0) is 19.7. The van der Waals surface area contributed by atoms with Gasteiger partial charge in [-0.1, -0.05) is 11.6 Å².